The number of benzene rings is 1. The number of amides is 2. The zero-order chi connectivity index (χ0) is 21.7. The molecule has 1 aromatic carbocycles. The number of alkyl halides is 1. The van der Waals surface area contributed by atoms with Crippen molar-refractivity contribution in [3.8, 4) is 28.8 Å². The van der Waals surface area contributed by atoms with Crippen molar-refractivity contribution < 1.29 is 28.9 Å². The van der Waals surface area contributed by atoms with Crippen LogP contribution in [0.15, 0.2) is 18.2 Å². The van der Waals surface area contributed by atoms with E-state index in [4.69, 9.17) is 10.5 Å². The van der Waals surface area contributed by atoms with Crippen molar-refractivity contribution >= 4 is 23.2 Å². The summed E-state index contributed by atoms with van der Waals surface area (Å²) in [6.45, 7) is -1.10. The molecule has 10 heteroatoms. The number of hydrogen-bond acceptors (Lipinski definition) is 7. The summed E-state index contributed by atoms with van der Waals surface area (Å²) in [6.07, 6.45) is 0.200. The molecular weight excluding hydrogens is 413 g/mol. The molecule has 4 N–H and O–H groups in total. The van der Waals surface area contributed by atoms with E-state index in [0.717, 1.165) is 11.3 Å². The van der Waals surface area contributed by atoms with Crippen LogP contribution in [0.1, 0.15) is 26.7 Å². The Hall–Kier alpha value is -3.00. The van der Waals surface area contributed by atoms with Crippen molar-refractivity contribution in [1.29, 1.82) is 0 Å². The number of aromatic nitrogens is 1. The number of fused-ring (bicyclic) bond motifs is 3. The monoisotopic (exact) mass is 431 g/mol. The zero-order valence-electron chi connectivity index (χ0n) is 15.9. The van der Waals surface area contributed by atoms with E-state index in [1.807, 2.05) is 0 Å². The van der Waals surface area contributed by atoms with Crippen molar-refractivity contribution in [3.05, 3.63) is 33.6 Å². The van der Waals surface area contributed by atoms with E-state index in [9.17, 15) is 24.2 Å². The van der Waals surface area contributed by atoms with Gasteiger partial charge in [0.25, 0.3) is 11.8 Å². The maximum Gasteiger partial charge on any atom is 0.277 e. The second kappa shape index (κ2) is 7.05. The minimum absolute atomic E-state index is 0.0647. The van der Waals surface area contributed by atoms with E-state index in [1.54, 1.807) is 25.2 Å². The number of carbonyl (C=O) groups is 2. The highest BCUT2D eigenvalue weighted by atomic mass is 32.1. The van der Waals surface area contributed by atoms with Gasteiger partial charge >= 0.3 is 0 Å². The minimum Gasteiger partial charge on any atom is -0.489 e. The quantitative estimate of drug-likeness (QED) is 0.591. The van der Waals surface area contributed by atoms with Crippen LogP contribution in [0.25, 0.3) is 11.3 Å². The molecule has 0 spiro atoms. The molecule has 8 nitrogen and oxygen atoms in total. The molecule has 1 saturated heterocycles. The van der Waals surface area contributed by atoms with Gasteiger partial charge in [0.1, 0.15) is 19.0 Å². The second-order valence-electron chi connectivity index (χ2n) is 7.31. The highest BCUT2D eigenvalue weighted by Gasteiger charge is 2.42. The first-order valence-electron chi connectivity index (χ1n) is 9.05. The fraction of sp³-hybridized carbons (Fsp3) is 0.350. The summed E-state index contributed by atoms with van der Waals surface area (Å²) in [5.74, 6) is 4.48. The Labute approximate surface area is 175 Å². The third-order valence-corrected chi connectivity index (χ3v) is 6.37. The molecule has 0 saturated carbocycles. The summed E-state index contributed by atoms with van der Waals surface area (Å²) in [4.78, 5) is 29.4. The number of thiazole rings is 1. The highest BCUT2D eigenvalue weighted by Crippen LogP contribution is 2.44. The molecule has 1 unspecified atom stereocenters. The van der Waals surface area contributed by atoms with Crippen molar-refractivity contribution in [2.75, 3.05) is 26.9 Å². The average molecular weight is 431 g/mol. The second-order valence-corrected chi connectivity index (χ2v) is 8.31. The number of likely N-dealkylation sites (N-methyl/N-ethyl adjacent to an activating group) is 1. The number of aliphatic hydroxyl groups is 2. The number of primary amides is 1. The van der Waals surface area contributed by atoms with Crippen molar-refractivity contribution in [2.24, 2.45) is 5.73 Å². The number of nitrogens with two attached hydrogens (primary N) is 1. The molecule has 2 aromatic rings. The maximum absolute atomic E-state index is 13.7. The van der Waals surface area contributed by atoms with Crippen molar-refractivity contribution in [3.63, 3.8) is 0 Å². The summed E-state index contributed by atoms with van der Waals surface area (Å²) < 4.78 is 19.3. The average Bonchev–Trinajstić information content (AvgIpc) is 3.26. The van der Waals surface area contributed by atoms with Gasteiger partial charge in [-0.05, 0) is 18.2 Å². The molecule has 2 amide bonds. The lowest BCUT2D eigenvalue weighted by molar-refractivity contribution is -0.137. The number of halogens is 1. The number of hydrogen-bond donors (Lipinski definition) is 3. The molecule has 2 atom stereocenters. The molecule has 3 heterocycles. The van der Waals surface area contributed by atoms with E-state index in [0.29, 0.717) is 23.4 Å². The molecule has 1 aromatic heterocycles. The van der Waals surface area contributed by atoms with E-state index >= 15 is 0 Å². The van der Waals surface area contributed by atoms with E-state index in [-0.39, 0.29) is 28.6 Å². The predicted molar refractivity (Wildman–Crippen MR) is 106 cm³/mol. The van der Waals surface area contributed by atoms with Gasteiger partial charge in [0, 0.05) is 31.1 Å². The molecule has 1 fully saturated rings. The highest BCUT2D eigenvalue weighted by molar-refractivity contribution is 7.14. The number of nitrogens with zero attached hydrogens (tertiary/aromatic N) is 2. The van der Waals surface area contributed by atoms with Crippen molar-refractivity contribution in [1.82, 2.24) is 9.88 Å². The normalized spacial score (nSPS) is 24.9. The molecule has 2 aliphatic rings. The number of rotatable bonds is 2. The van der Waals surface area contributed by atoms with Gasteiger partial charge in [0.2, 0.25) is 5.60 Å². The largest absolute Gasteiger partial charge is 0.489 e. The number of likely N-dealkylation sites (tertiary alicyclic amines) is 1. The molecule has 156 valence electrons. The fourth-order valence-corrected chi connectivity index (χ4v) is 4.34. The standard InChI is InChI=1S/C20H18FN3O5S/c1-24-7-6-19(27,18(24)26)5-4-11-2-3-13-12(8-11)14-15(20(28,9-21)10-29-13)30-17(23-14)16(22)25/h2-3,8,27-28H,6-7,9-10H2,1H3,(H2,22,25)/t19-,20?/m0/s1. The maximum atomic E-state index is 13.7. The zero-order valence-corrected chi connectivity index (χ0v) is 16.8. The van der Waals surface area contributed by atoms with E-state index in [2.05, 4.69) is 16.8 Å². The third-order valence-electron chi connectivity index (χ3n) is 5.11. The Balaban J connectivity index is 1.80. The Morgan fingerprint density at radius 2 is 2.23 bits per heavy atom. The molecular formula is C20H18FN3O5S. The van der Waals surface area contributed by atoms with Crippen LogP contribution in [-0.2, 0) is 10.4 Å². The van der Waals surface area contributed by atoms with Gasteiger partial charge in [-0.2, -0.15) is 0 Å². The molecule has 4 rings (SSSR count). The van der Waals surface area contributed by atoms with Gasteiger partial charge < -0.3 is 25.6 Å². The van der Waals surface area contributed by atoms with E-state index < -0.39 is 29.7 Å². The topological polar surface area (TPSA) is 126 Å². The Morgan fingerprint density at radius 1 is 1.47 bits per heavy atom. The van der Waals surface area contributed by atoms with Crippen LogP contribution in [-0.4, -0.2) is 64.4 Å². The first kappa shape index (κ1) is 20.3. The van der Waals surface area contributed by atoms with Gasteiger partial charge in [-0.25, -0.2) is 9.37 Å². The van der Waals surface area contributed by atoms with Gasteiger partial charge in [-0.1, -0.05) is 11.8 Å². The van der Waals surface area contributed by atoms with Crippen LogP contribution in [0.5, 0.6) is 5.75 Å². The Morgan fingerprint density at radius 3 is 2.87 bits per heavy atom. The number of ether oxygens (including phenoxy) is 1. The van der Waals surface area contributed by atoms with Gasteiger partial charge in [-0.15, -0.1) is 11.3 Å². The SMILES string of the molecule is CN1CC[C@@](O)(C#Cc2ccc3c(c2)-c2nc(C(N)=O)sc2C(O)(CF)CO3)C1=O. The third kappa shape index (κ3) is 3.21. The molecule has 30 heavy (non-hydrogen) atoms. The molecule has 0 aliphatic carbocycles. The van der Waals surface area contributed by atoms with Gasteiger partial charge in [0.15, 0.2) is 10.6 Å². The number of carbonyl (C=O) groups excluding carboxylic acids is 2. The summed E-state index contributed by atoms with van der Waals surface area (Å²) in [5, 5.41) is 21.1. The summed E-state index contributed by atoms with van der Waals surface area (Å²) in [7, 11) is 1.59. The van der Waals surface area contributed by atoms with Crippen LogP contribution < -0.4 is 10.5 Å². The summed E-state index contributed by atoms with van der Waals surface area (Å²) in [5.41, 5.74) is 2.61. The van der Waals surface area contributed by atoms with Crippen LogP contribution in [0.3, 0.4) is 0 Å². The first-order valence-corrected chi connectivity index (χ1v) is 9.86. The van der Waals surface area contributed by atoms with Crippen LogP contribution in [0.4, 0.5) is 4.39 Å². The lowest BCUT2D eigenvalue weighted by Gasteiger charge is -2.21. The van der Waals surface area contributed by atoms with Gasteiger partial charge in [0.05, 0.1) is 10.6 Å². The van der Waals surface area contributed by atoms with Crippen LogP contribution >= 0.6 is 11.3 Å². The van der Waals surface area contributed by atoms with Crippen LogP contribution in [0, 0.1) is 11.8 Å². The first-order chi connectivity index (χ1) is 14.2. The smallest absolute Gasteiger partial charge is 0.277 e. The lowest BCUT2D eigenvalue weighted by Crippen LogP contribution is -2.37. The van der Waals surface area contributed by atoms with E-state index in [1.165, 1.54) is 4.90 Å². The minimum atomic E-state index is -1.97. The molecule has 0 bridgehead atoms. The fourth-order valence-electron chi connectivity index (χ4n) is 3.35. The molecule has 0 radical (unpaired) electrons. The predicted octanol–water partition coefficient (Wildman–Crippen LogP) is 0.403. The lowest BCUT2D eigenvalue weighted by atomic mass is 9.99. The summed E-state index contributed by atoms with van der Waals surface area (Å²) >= 11 is 0.810. The van der Waals surface area contributed by atoms with Crippen molar-refractivity contribution in [2.45, 2.75) is 17.6 Å². The molecule has 2 aliphatic heterocycles. The summed E-state index contributed by atoms with van der Waals surface area (Å²) in [6, 6.07) is 4.77. The van der Waals surface area contributed by atoms with Crippen LogP contribution in [0.2, 0.25) is 0 Å². The Kier molecular flexibility index (Phi) is 4.77. The Bertz CT molecular complexity index is 1120. The van der Waals surface area contributed by atoms with Gasteiger partial charge in [-0.3, -0.25) is 9.59 Å².